The zero-order valence-electron chi connectivity index (χ0n) is 20.6. The lowest BCUT2D eigenvalue weighted by Gasteiger charge is -2.35. The first-order valence-electron chi connectivity index (χ1n) is 12.4. The van der Waals surface area contributed by atoms with Crippen LogP contribution in [0.2, 0.25) is 0 Å². The van der Waals surface area contributed by atoms with Gasteiger partial charge in [0.1, 0.15) is 11.6 Å². The number of ether oxygens (including phenoxy) is 4. The number of anilines is 2. The van der Waals surface area contributed by atoms with E-state index in [1.165, 1.54) is 0 Å². The maximum absolute atomic E-state index is 9.78. The van der Waals surface area contributed by atoms with E-state index in [4.69, 9.17) is 33.9 Å². The molecule has 3 aliphatic heterocycles. The predicted molar refractivity (Wildman–Crippen MR) is 134 cm³/mol. The second-order valence-corrected chi connectivity index (χ2v) is 9.50. The van der Waals surface area contributed by atoms with Crippen molar-refractivity contribution in [1.29, 1.82) is 0 Å². The Morgan fingerprint density at radius 2 is 1.94 bits per heavy atom. The average Bonchev–Trinajstić information content (AvgIpc) is 3.57. The lowest BCUT2D eigenvalue weighted by Crippen LogP contribution is -2.44. The molecular formula is C26H31N5O5. The topological polar surface area (TPSA) is 102 Å². The van der Waals surface area contributed by atoms with E-state index in [0.717, 1.165) is 42.0 Å². The fraction of sp³-hybridized carbons (Fsp3) is 0.500. The quantitative estimate of drug-likeness (QED) is 0.570. The minimum atomic E-state index is -0.566. The Morgan fingerprint density at radius 3 is 2.72 bits per heavy atom. The molecular weight excluding hydrogens is 462 g/mol. The molecule has 3 aromatic rings. The second-order valence-electron chi connectivity index (χ2n) is 9.50. The summed E-state index contributed by atoms with van der Waals surface area (Å²) < 4.78 is 22.9. The minimum Gasteiger partial charge on any atom is -0.496 e. The number of rotatable bonds is 5. The Balaban J connectivity index is 1.44. The number of aliphatic hydroxyl groups excluding tert-OH is 1. The van der Waals surface area contributed by atoms with Gasteiger partial charge in [0, 0.05) is 30.6 Å². The first-order valence-corrected chi connectivity index (χ1v) is 12.4. The number of methoxy groups -OCH3 is 1. The first kappa shape index (κ1) is 23.4. The standard InChI is InChI=1S/C26H31N5O5/c1-17-15-34-10-9-31(17)24-20-4-5-21(18-3-6-22(33-2)19(13-18)14-32)27-23(20)28-25(29-24)30-8-7-26(16-30)35-11-12-36-26/h3-6,13,17,32H,7-12,14-16H2,1-2H3/t17-/m0/s1. The largest absolute Gasteiger partial charge is 0.496 e. The summed E-state index contributed by atoms with van der Waals surface area (Å²) >= 11 is 0. The molecule has 0 saturated carbocycles. The van der Waals surface area contributed by atoms with Gasteiger partial charge < -0.3 is 33.9 Å². The molecule has 1 aromatic carbocycles. The van der Waals surface area contributed by atoms with E-state index >= 15 is 0 Å². The van der Waals surface area contributed by atoms with Gasteiger partial charge in [-0.2, -0.15) is 9.97 Å². The van der Waals surface area contributed by atoms with Crippen molar-refractivity contribution < 1.29 is 24.1 Å². The SMILES string of the molecule is COc1ccc(-c2ccc3c(N4CCOC[C@@H]4C)nc(N4CCC5(C4)OCCO5)nc3n2)cc1CO. The normalized spacial score (nSPS) is 21.6. The van der Waals surface area contributed by atoms with E-state index in [1.807, 2.05) is 30.3 Å². The summed E-state index contributed by atoms with van der Waals surface area (Å²) in [7, 11) is 1.60. The monoisotopic (exact) mass is 493 g/mol. The van der Waals surface area contributed by atoms with Crippen LogP contribution >= 0.6 is 0 Å². The van der Waals surface area contributed by atoms with Crippen LogP contribution < -0.4 is 14.5 Å². The second kappa shape index (κ2) is 9.44. The van der Waals surface area contributed by atoms with Crippen LogP contribution in [0, 0.1) is 0 Å². The van der Waals surface area contributed by atoms with Crippen LogP contribution in [0.3, 0.4) is 0 Å². The number of hydrogen-bond acceptors (Lipinski definition) is 10. The molecule has 1 atom stereocenters. The van der Waals surface area contributed by atoms with Crippen molar-refractivity contribution in [1.82, 2.24) is 15.0 Å². The molecule has 0 aliphatic carbocycles. The molecule has 3 fully saturated rings. The molecule has 6 rings (SSSR count). The summed E-state index contributed by atoms with van der Waals surface area (Å²) in [6.45, 7) is 6.66. The highest BCUT2D eigenvalue weighted by molar-refractivity contribution is 5.90. The van der Waals surface area contributed by atoms with Crippen LogP contribution in [0.4, 0.5) is 11.8 Å². The van der Waals surface area contributed by atoms with Crippen molar-refractivity contribution >= 4 is 22.8 Å². The van der Waals surface area contributed by atoms with Gasteiger partial charge in [0.15, 0.2) is 11.4 Å². The van der Waals surface area contributed by atoms with Gasteiger partial charge in [-0.1, -0.05) is 0 Å². The maximum atomic E-state index is 9.78. The predicted octanol–water partition coefficient (Wildman–Crippen LogP) is 2.37. The van der Waals surface area contributed by atoms with Gasteiger partial charge in [0.25, 0.3) is 0 Å². The molecule has 2 aromatic heterocycles. The zero-order valence-corrected chi connectivity index (χ0v) is 20.6. The van der Waals surface area contributed by atoms with Crippen LogP contribution in [0.25, 0.3) is 22.3 Å². The Labute approximate surface area is 209 Å². The fourth-order valence-corrected chi connectivity index (χ4v) is 5.26. The van der Waals surface area contributed by atoms with Gasteiger partial charge in [-0.15, -0.1) is 0 Å². The highest BCUT2D eigenvalue weighted by Crippen LogP contribution is 2.35. The molecule has 10 heteroatoms. The van der Waals surface area contributed by atoms with E-state index in [0.29, 0.717) is 55.9 Å². The molecule has 3 saturated heterocycles. The van der Waals surface area contributed by atoms with E-state index in [-0.39, 0.29) is 12.6 Å². The Morgan fingerprint density at radius 1 is 1.08 bits per heavy atom. The van der Waals surface area contributed by atoms with Gasteiger partial charge in [0.05, 0.1) is 63.8 Å². The molecule has 1 spiro atoms. The molecule has 190 valence electrons. The van der Waals surface area contributed by atoms with Gasteiger partial charge in [-0.05, 0) is 37.3 Å². The third kappa shape index (κ3) is 4.13. The summed E-state index contributed by atoms with van der Waals surface area (Å²) in [6, 6.07) is 9.90. The Kier molecular flexibility index (Phi) is 6.12. The molecule has 1 N–H and O–H groups in total. The highest BCUT2D eigenvalue weighted by atomic mass is 16.7. The Hall–Kier alpha value is -3.05. The summed E-state index contributed by atoms with van der Waals surface area (Å²) in [4.78, 5) is 19.3. The molecule has 36 heavy (non-hydrogen) atoms. The van der Waals surface area contributed by atoms with Crippen molar-refractivity contribution in [2.24, 2.45) is 0 Å². The number of aromatic nitrogens is 3. The molecule has 5 heterocycles. The summed E-state index contributed by atoms with van der Waals surface area (Å²) in [5.74, 6) is 1.58. The third-order valence-corrected chi connectivity index (χ3v) is 7.20. The number of nitrogens with zero attached hydrogens (tertiary/aromatic N) is 5. The average molecular weight is 494 g/mol. The number of morpholine rings is 1. The molecule has 0 radical (unpaired) electrons. The van der Waals surface area contributed by atoms with Crippen molar-refractivity contribution in [2.45, 2.75) is 31.8 Å². The van der Waals surface area contributed by atoms with Gasteiger partial charge >= 0.3 is 0 Å². The number of benzene rings is 1. The fourth-order valence-electron chi connectivity index (χ4n) is 5.26. The van der Waals surface area contributed by atoms with E-state index in [1.54, 1.807) is 7.11 Å². The Bertz CT molecular complexity index is 1260. The molecule has 0 bridgehead atoms. The smallest absolute Gasteiger partial charge is 0.229 e. The van der Waals surface area contributed by atoms with Gasteiger partial charge in [0.2, 0.25) is 5.95 Å². The van der Waals surface area contributed by atoms with Gasteiger partial charge in [-0.25, -0.2) is 4.98 Å². The number of pyridine rings is 1. The molecule has 3 aliphatic rings. The zero-order chi connectivity index (χ0) is 24.7. The van der Waals surface area contributed by atoms with Crippen LogP contribution in [0.1, 0.15) is 18.9 Å². The van der Waals surface area contributed by atoms with Crippen molar-refractivity contribution in [3.63, 3.8) is 0 Å². The van der Waals surface area contributed by atoms with Crippen LogP contribution in [-0.2, 0) is 20.8 Å². The molecule has 10 nitrogen and oxygen atoms in total. The van der Waals surface area contributed by atoms with E-state index < -0.39 is 5.79 Å². The van der Waals surface area contributed by atoms with Crippen molar-refractivity contribution in [3.05, 3.63) is 35.9 Å². The number of aliphatic hydroxyl groups is 1. The molecule has 0 amide bonds. The number of hydrogen-bond donors (Lipinski definition) is 1. The highest BCUT2D eigenvalue weighted by Gasteiger charge is 2.44. The third-order valence-electron chi connectivity index (χ3n) is 7.20. The minimum absolute atomic E-state index is 0.114. The van der Waals surface area contributed by atoms with Gasteiger partial charge in [-0.3, -0.25) is 0 Å². The number of fused-ring (bicyclic) bond motifs is 1. The summed E-state index contributed by atoms with van der Waals surface area (Å²) in [6.07, 6.45) is 0.779. The van der Waals surface area contributed by atoms with Crippen molar-refractivity contribution in [3.8, 4) is 17.0 Å². The van der Waals surface area contributed by atoms with Crippen molar-refractivity contribution in [2.75, 3.05) is 63.0 Å². The van der Waals surface area contributed by atoms with Crippen LogP contribution in [0.15, 0.2) is 30.3 Å². The lowest BCUT2D eigenvalue weighted by atomic mass is 10.1. The first-order chi connectivity index (χ1) is 17.6. The summed E-state index contributed by atoms with van der Waals surface area (Å²) in [5, 5.41) is 10.7. The maximum Gasteiger partial charge on any atom is 0.229 e. The van der Waals surface area contributed by atoms with Crippen LogP contribution in [0.5, 0.6) is 5.75 Å². The van der Waals surface area contributed by atoms with E-state index in [9.17, 15) is 5.11 Å². The summed E-state index contributed by atoms with van der Waals surface area (Å²) in [5.41, 5.74) is 2.99. The lowest BCUT2D eigenvalue weighted by molar-refractivity contribution is -0.138. The van der Waals surface area contributed by atoms with Crippen LogP contribution in [-0.4, -0.2) is 85.1 Å². The van der Waals surface area contributed by atoms with E-state index in [2.05, 4.69) is 16.7 Å². The molecule has 0 unspecified atom stereocenters.